The summed E-state index contributed by atoms with van der Waals surface area (Å²) >= 11 is 0. The van der Waals surface area contributed by atoms with E-state index in [2.05, 4.69) is 49.5 Å². The van der Waals surface area contributed by atoms with Crippen molar-refractivity contribution >= 4 is 76.8 Å². The Kier molecular flexibility index (Phi) is 29.2. The topological polar surface area (TPSA) is 443 Å². The van der Waals surface area contributed by atoms with E-state index in [1.54, 1.807) is 20.8 Å². The van der Waals surface area contributed by atoms with Crippen LogP contribution in [0, 0.1) is 11.8 Å². The number of rotatable bonds is 18. The lowest BCUT2D eigenvalue weighted by atomic mass is 9.90. The van der Waals surface area contributed by atoms with Crippen LogP contribution in [0.2, 0.25) is 0 Å². The minimum atomic E-state index is -2.02. The SMILES string of the molecule is C/C=C1/NC(=O)[C@H](CC(N)=O)NC(=O)/C(=C\C)NC(=O)[C@H](C(C)C)NC(=O)[C@H](O)[C@H]([C@H](C)CCCCCCCCCC)NC(=O)[C@@H]2CCCN2C(=O)[C@H](CC(N)=O)N(C)C(=O)[C@@H]([C@H](C)O)NC(=O)[C@H](C)NC(=O)[C@H](CC(N)=O)NC1=O. The van der Waals surface area contributed by atoms with Gasteiger partial charge in [-0.1, -0.05) is 91.2 Å². The maximum absolute atomic E-state index is 14.6. The summed E-state index contributed by atoms with van der Waals surface area (Å²) < 4.78 is 0. The summed E-state index contributed by atoms with van der Waals surface area (Å²) in [6, 6.07) is -12.9. The number of nitrogens with zero attached hydrogens (tertiary/aromatic N) is 2. The molecule has 0 spiro atoms. The highest BCUT2D eigenvalue weighted by Gasteiger charge is 2.44. The fourth-order valence-electron chi connectivity index (χ4n) is 9.25. The number of aliphatic hydroxyl groups excluding tert-OH is 2. The molecule has 0 radical (unpaired) electrons. The van der Waals surface area contributed by atoms with Gasteiger partial charge in [0.2, 0.25) is 59.1 Å². The van der Waals surface area contributed by atoms with Gasteiger partial charge in [0, 0.05) is 13.6 Å². The summed E-state index contributed by atoms with van der Waals surface area (Å²) in [6.45, 7) is 11.8. The predicted molar refractivity (Wildman–Crippen MR) is 293 cm³/mol. The van der Waals surface area contributed by atoms with Gasteiger partial charge in [-0.3, -0.25) is 62.3 Å². The van der Waals surface area contributed by atoms with Crippen LogP contribution in [0.4, 0.5) is 0 Å². The highest BCUT2D eigenvalue weighted by atomic mass is 16.3. The first-order chi connectivity index (χ1) is 38.0. The van der Waals surface area contributed by atoms with Crippen LogP contribution >= 0.6 is 0 Å². The second kappa shape index (κ2) is 33.9. The molecule has 0 unspecified atom stereocenters. The van der Waals surface area contributed by atoms with Crippen molar-refractivity contribution in [2.45, 2.75) is 206 Å². The van der Waals surface area contributed by atoms with Crippen molar-refractivity contribution in [3.05, 3.63) is 23.5 Å². The van der Waals surface area contributed by atoms with Crippen LogP contribution in [0.25, 0.3) is 0 Å². The van der Waals surface area contributed by atoms with Gasteiger partial charge in [-0.2, -0.15) is 0 Å². The first kappa shape index (κ1) is 69.6. The van der Waals surface area contributed by atoms with E-state index in [0.29, 0.717) is 12.8 Å². The van der Waals surface area contributed by atoms with E-state index in [-0.39, 0.29) is 19.4 Å². The van der Waals surface area contributed by atoms with E-state index in [1.165, 1.54) is 13.8 Å². The summed E-state index contributed by atoms with van der Waals surface area (Å²) in [7, 11) is 1.10. The number of amides is 13. The van der Waals surface area contributed by atoms with E-state index < -0.39 is 180 Å². The molecule has 0 aromatic carbocycles. The number of likely N-dealkylation sites (N-methyl/N-ethyl adjacent to an activating group) is 1. The van der Waals surface area contributed by atoms with Crippen LogP contribution in [-0.4, -0.2) is 171 Å². The number of unbranched alkanes of at least 4 members (excludes halogenated alkanes) is 7. The number of allylic oxidation sites excluding steroid dienone is 2. The lowest BCUT2D eigenvalue weighted by Crippen LogP contribution is -2.62. The highest BCUT2D eigenvalue weighted by Crippen LogP contribution is 2.24. The number of carbonyl (C=O) groups is 13. The molecule has 2 saturated heterocycles. The second-order valence-electron chi connectivity index (χ2n) is 21.0. The van der Waals surface area contributed by atoms with E-state index in [1.807, 2.05) is 0 Å². The van der Waals surface area contributed by atoms with Crippen LogP contribution in [-0.2, 0) is 62.3 Å². The Morgan fingerprint density at radius 2 is 1.11 bits per heavy atom. The van der Waals surface area contributed by atoms with Crippen molar-refractivity contribution < 1.29 is 72.5 Å². The van der Waals surface area contributed by atoms with Crippen molar-refractivity contribution in [2.75, 3.05) is 13.6 Å². The van der Waals surface area contributed by atoms with Crippen LogP contribution in [0.3, 0.4) is 0 Å². The number of hydrogen-bond acceptors (Lipinski definition) is 15. The standard InChI is InChI=1S/C53H87N13O15/c1-10-13-14-15-16-17-18-19-21-28(6)41-43(71)51(79)62-40(27(4)5)50(78)59-32(12-3)46(74)61-34(25-38(55)69)48(76)58-31(11-2)45(73)60-33(24-37(54)68)47(75)57-29(7)44(72)64-42(30(8)67)53(81)65(9)36(26-39(56)70)52(80)66-23-20-22-35(66)49(77)63-41/h11-12,27-30,33-36,40-43,67,71H,10,13-26H2,1-9H3,(H2,54,68)(H2,55,69)(H2,56,70)(H,57,75)(H,58,76)(H,59,78)(H,60,73)(H,61,74)(H,62,79)(H,63,77)(H,64,72)/b31-11+,32-12+/t28-,29+,30+,33+,34+,35+,36+,40+,41+,42-,43-/m1/s1. The molecule has 28 heteroatoms. The monoisotopic (exact) mass is 1150 g/mol. The molecule has 0 aromatic heterocycles. The first-order valence-electron chi connectivity index (χ1n) is 27.6. The third-order valence-corrected chi connectivity index (χ3v) is 14.1. The average Bonchev–Trinajstić information content (AvgIpc) is 3.90. The smallest absolute Gasteiger partial charge is 0.268 e. The molecule has 16 N–H and O–H groups in total. The Morgan fingerprint density at radius 3 is 1.60 bits per heavy atom. The molecular formula is C53H87N13O15. The Labute approximate surface area is 472 Å². The van der Waals surface area contributed by atoms with Gasteiger partial charge in [0.1, 0.15) is 53.7 Å². The zero-order chi connectivity index (χ0) is 61.4. The number of primary amides is 3. The third-order valence-electron chi connectivity index (χ3n) is 14.1. The van der Waals surface area contributed by atoms with Crippen molar-refractivity contribution in [1.29, 1.82) is 0 Å². The third kappa shape index (κ3) is 21.8. The molecule has 0 bridgehead atoms. The van der Waals surface area contributed by atoms with E-state index in [0.717, 1.165) is 87.8 Å². The van der Waals surface area contributed by atoms with Gasteiger partial charge in [-0.05, 0) is 58.8 Å². The summed E-state index contributed by atoms with van der Waals surface area (Å²) in [5.74, 6) is -15.4. The molecule has 11 atom stereocenters. The lowest BCUT2D eigenvalue weighted by molar-refractivity contribution is -0.151. The molecule has 81 heavy (non-hydrogen) atoms. The minimum Gasteiger partial charge on any atom is -0.391 e. The number of aliphatic hydroxyl groups is 2. The van der Waals surface area contributed by atoms with E-state index in [9.17, 15) is 72.5 Å². The summed E-state index contributed by atoms with van der Waals surface area (Å²) in [4.78, 5) is 179. The molecule has 28 nitrogen and oxygen atoms in total. The molecule has 0 aromatic rings. The van der Waals surface area contributed by atoms with Gasteiger partial charge in [-0.15, -0.1) is 0 Å². The number of hydrogen-bond donors (Lipinski definition) is 13. The van der Waals surface area contributed by atoms with Gasteiger partial charge in [0.15, 0.2) is 6.10 Å². The number of carbonyl (C=O) groups excluding carboxylic acids is 13. The van der Waals surface area contributed by atoms with Crippen LogP contribution in [0.1, 0.15) is 145 Å². The zero-order valence-electron chi connectivity index (χ0n) is 48.0. The lowest BCUT2D eigenvalue weighted by Gasteiger charge is -2.36. The molecule has 2 fully saturated rings. The van der Waals surface area contributed by atoms with Gasteiger partial charge in [-0.25, -0.2) is 0 Å². The van der Waals surface area contributed by atoms with Gasteiger partial charge >= 0.3 is 0 Å². The van der Waals surface area contributed by atoms with Crippen LogP contribution in [0.5, 0.6) is 0 Å². The van der Waals surface area contributed by atoms with Gasteiger partial charge in [0.05, 0.1) is 31.4 Å². The Balaban J connectivity index is 2.79. The van der Waals surface area contributed by atoms with E-state index >= 15 is 0 Å². The number of nitrogens with one attached hydrogen (secondary N) is 8. The molecule has 2 heterocycles. The normalized spacial score (nSPS) is 26.9. The Hall–Kier alpha value is -7.49. The Bertz CT molecular complexity index is 2360. The molecular weight excluding hydrogens is 1060 g/mol. The zero-order valence-corrected chi connectivity index (χ0v) is 48.0. The summed E-state index contributed by atoms with van der Waals surface area (Å²) in [6.07, 6.45) is 4.46. The molecule has 2 aliphatic heterocycles. The van der Waals surface area contributed by atoms with Crippen LogP contribution < -0.4 is 59.7 Å². The number of nitrogens with two attached hydrogens (primary N) is 3. The van der Waals surface area contributed by atoms with Crippen molar-refractivity contribution in [3.63, 3.8) is 0 Å². The summed E-state index contributed by atoms with van der Waals surface area (Å²) in [5.41, 5.74) is 15.3. The maximum atomic E-state index is 14.6. The minimum absolute atomic E-state index is 0.0563. The molecule has 2 rings (SSSR count). The van der Waals surface area contributed by atoms with Crippen molar-refractivity contribution in [2.24, 2.45) is 29.0 Å². The molecule has 2 aliphatic rings. The average molecular weight is 1150 g/mol. The highest BCUT2D eigenvalue weighted by molar-refractivity contribution is 6.05. The Morgan fingerprint density at radius 1 is 0.617 bits per heavy atom. The van der Waals surface area contributed by atoms with Gasteiger partial charge < -0.3 is 79.7 Å². The fourth-order valence-corrected chi connectivity index (χ4v) is 9.25. The fraction of sp³-hybridized carbons (Fsp3) is 0.679. The van der Waals surface area contributed by atoms with Crippen molar-refractivity contribution in [1.82, 2.24) is 52.3 Å². The van der Waals surface area contributed by atoms with Crippen LogP contribution in [0.15, 0.2) is 23.5 Å². The second-order valence-corrected chi connectivity index (χ2v) is 21.0. The molecule has 0 aliphatic carbocycles. The van der Waals surface area contributed by atoms with Gasteiger partial charge in [0.25, 0.3) is 17.7 Å². The van der Waals surface area contributed by atoms with Crippen molar-refractivity contribution in [3.8, 4) is 0 Å². The molecule has 0 saturated carbocycles. The quantitative estimate of drug-likeness (QED) is 0.0480. The maximum Gasteiger partial charge on any atom is 0.268 e. The first-order valence-corrected chi connectivity index (χ1v) is 27.6. The number of fused-ring (bicyclic) bond motifs is 1. The molecule has 13 amide bonds. The predicted octanol–water partition coefficient (Wildman–Crippen LogP) is -3.02. The molecule has 454 valence electrons. The van der Waals surface area contributed by atoms with E-state index in [4.69, 9.17) is 17.2 Å². The largest absolute Gasteiger partial charge is 0.391 e. The summed E-state index contributed by atoms with van der Waals surface area (Å²) in [5, 5.41) is 41.7.